The molecular weight excluding hydrogens is 276 g/mol. The van der Waals surface area contributed by atoms with Gasteiger partial charge in [0.15, 0.2) is 0 Å². The number of benzene rings is 1. The third-order valence-electron chi connectivity index (χ3n) is 3.21. The van der Waals surface area contributed by atoms with Crippen LogP contribution in [0.4, 0.5) is 5.69 Å². The molecule has 0 radical (unpaired) electrons. The smallest absolute Gasteiger partial charge is 0.235 e. The largest absolute Gasteiger partial charge is 0.378 e. The number of ether oxygens (including phenoxy) is 1. The van der Waals surface area contributed by atoms with Gasteiger partial charge >= 0.3 is 0 Å². The van der Waals surface area contributed by atoms with Gasteiger partial charge < -0.3 is 10.1 Å². The van der Waals surface area contributed by atoms with Gasteiger partial charge in [-0.3, -0.25) is 4.72 Å². The lowest BCUT2D eigenvalue weighted by atomic mass is 10.00. The van der Waals surface area contributed by atoms with Gasteiger partial charge in [0, 0.05) is 6.54 Å². The van der Waals surface area contributed by atoms with E-state index in [1.165, 1.54) is 5.56 Å². The Morgan fingerprint density at radius 1 is 1.40 bits per heavy atom. The van der Waals surface area contributed by atoms with Gasteiger partial charge in [0.25, 0.3) is 0 Å². The number of sulfonamides is 1. The number of anilines is 1. The molecule has 2 rings (SSSR count). The van der Waals surface area contributed by atoms with E-state index in [4.69, 9.17) is 4.74 Å². The van der Waals surface area contributed by atoms with Gasteiger partial charge in [0.1, 0.15) is 0 Å². The predicted octanol–water partition coefficient (Wildman–Crippen LogP) is 1.50. The van der Waals surface area contributed by atoms with E-state index in [0.717, 1.165) is 18.5 Å². The molecule has 0 spiro atoms. The molecule has 1 aromatic rings. The van der Waals surface area contributed by atoms with Crippen molar-refractivity contribution in [2.45, 2.75) is 32.9 Å². The third kappa shape index (κ3) is 4.19. The molecule has 1 aliphatic heterocycles. The summed E-state index contributed by atoms with van der Waals surface area (Å²) in [6, 6.07) is 5.76. The van der Waals surface area contributed by atoms with E-state index in [0.29, 0.717) is 12.2 Å². The summed E-state index contributed by atoms with van der Waals surface area (Å²) in [5.41, 5.74) is 2.94. The van der Waals surface area contributed by atoms with Gasteiger partial charge in [-0.05, 0) is 44.0 Å². The van der Waals surface area contributed by atoms with E-state index < -0.39 is 10.0 Å². The Balaban J connectivity index is 2.05. The molecule has 0 unspecified atom stereocenters. The average Bonchev–Trinajstić information content (AvgIpc) is 2.38. The summed E-state index contributed by atoms with van der Waals surface area (Å²) in [5, 5.41) is 3.27. The van der Waals surface area contributed by atoms with Crippen molar-refractivity contribution in [3.05, 3.63) is 29.3 Å². The van der Waals surface area contributed by atoms with Crippen LogP contribution in [0.15, 0.2) is 18.2 Å². The van der Waals surface area contributed by atoms with E-state index in [9.17, 15) is 8.42 Å². The minimum atomic E-state index is -3.37. The molecule has 1 aromatic carbocycles. The van der Waals surface area contributed by atoms with Crippen molar-refractivity contribution in [2.75, 3.05) is 23.6 Å². The average molecular weight is 298 g/mol. The summed E-state index contributed by atoms with van der Waals surface area (Å²) in [6.07, 6.45) is 0.973. The van der Waals surface area contributed by atoms with Gasteiger partial charge in [-0.15, -0.1) is 0 Å². The summed E-state index contributed by atoms with van der Waals surface area (Å²) in [6.45, 7) is 5.63. The lowest BCUT2D eigenvalue weighted by Crippen LogP contribution is -2.27. The van der Waals surface area contributed by atoms with Crippen LogP contribution >= 0.6 is 0 Å². The first-order chi connectivity index (χ1) is 9.48. The van der Waals surface area contributed by atoms with Crippen LogP contribution in [0.3, 0.4) is 0 Å². The van der Waals surface area contributed by atoms with Crippen LogP contribution in [0.25, 0.3) is 0 Å². The van der Waals surface area contributed by atoms with Crippen LogP contribution in [0.2, 0.25) is 0 Å². The number of hydrogen-bond acceptors (Lipinski definition) is 4. The second-order valence-electron chi connectivity index (χ2n) is 5.21. The zero-order valence-corrected chi connectivity index (χ0v) is 12.8. The highest BCUT2D eigenvalue weighted by Crippen LogP contribution is 2.23. The Morgan fingerprint density at radius 3 is 2.95 bits per heavy atom. The second kappa shape index (κ2) is 6.56. The molecule has 0 aromatic heterocycles. The first kappa shape index (κ1) is 15.3. The third-order valence-corrected chi connectivity index (χ3v) is 4.45. The lowest BCUT2D eigenvalue weighted by Gasteiger charge is -2.21. The van der Waals surface area contributed by atoms with Gasteiger partial charge in [-0.2, -0.15) is 0 Å². The molecule has 2 N–H and O–H groups in total. The minimum absolute atomic E-state index is 0.0255. The highest BCUT2D eigenvalue weighted by atomic mass is 32.2. The molecular formula is C14H22N2O3S. The van der Waals surface area contributed by atoms with E-state index >= 15 is 0 Å². The van der Waals surface area contributed by atoms with Crippen molar-refractivity contribution >= 4 is 15.7 Å². The maximum atomic E-state index is 12.1. The van der Waals surface area contributed by atoms with Gasteiger partial charge in [-0.1, -0.05) is 12.1 Å². The van der Waals surface area contributed by atoms with Gasteiger partial charge in [0.2, 0.25) is 10.0 Å². The fourth-order valence-electron chi connectivity index (χ4n) is 2.22. The van der Waals surface area contributed by atoms with Crippen LogP contribution in [0.1, 0.15) is 25.0 Å². The Labute approximate surface area is 120 Å². The zero-order valence-electron chi connectivity index (χ0n) is 12.0. The first-order valence-corrected chi connectivity index (χ1v) is 8.57. The van der Waals surface area contributed by atoms with Crippen molar-refractivity contribution in [1.82, 2.24) is 5.32 Å². The summed E-state index contributed by atoms with van der Waals surface area (Å²) < 4.78 is 32.1. The normalized spacial score (nSPS) is 15.2. The van der Waals surface area contributed by atoms with Crippen molar-refractivity contribution in [2.24, 2.45) is 0 Å². The molecule has 112 valence electrons. The second-order valence-corrected chi connectivity index (χ2v) is 7.05. The Morgan fingerprint density at radius 2 is 2.20 bits per heavy atom. The fraction of sp³-hybridized carbons (Fsp3) is 0.571. The Bertz CT molecular complexity index is 556. The molecule has 0 saturated carbocycles. The molecule has 0 amide bonds. The predicted molar refractivity (Wildman–Crippen MR) is 80.4 cm³/mol. The Kier molecular flexibility index (Phi) is 5.01. The minimum Gasteiger partial charge on any atom is -0.378 e. The molecule has 1 heterocycles. The number of hydrogen-bond donors (Lipinski definition) is 2. The molecule has 20 heavy (non-hydrogen) atoms. The molecule has 0 atom stereocenters. The summed E-state index contributed by atoms with van der Waals surface area (Å²) in [5.74, 6) is -0.0255. The fourth-order valence-corrected chi connectivity index (χ4v) is 3.17. The van der Waals surface area contributed by atoms with Crippen molar-refractivity contribution in [3.8, 4) is 0 Å². The topological polar surface area (TPSA) is 67.4 Å². The van der Waals surface area contributed by atoms with E-state index in [2.05, 4.69) is 16.1 Å². The molecule has 5 nitrogen and oxygen atoms in total. The maximum Gasteiger partial charge on any atom is 0.235 e. The summed E-state index contributed by atoms with van der Waals surface area (Å²) in [4.78, 5) is 0. The van der Waals surface area contributed by atoms with Crippen LogP contribution < -0.4 is 10.0 Å². The monoisotopic (exact) mass is 298 g/mol. The van der Waals surface area contributed by atoms with E-state index in [1.54, 1.807) is 0 Å². The van der Waals surface area contributed by atoms with E-state index in [-0.39, 0.29) is 18.5 Å². The summed E-state index contributed by atoms with van der Waals surface area (Å²) in [7, 11) is -3.37. The van der Waals surface area contributed by atoms with Crippen LogP contribution in [-0.4, -0.2) is 33.4 Å². The lowest BCUT2D eigenvalue weighted by molar-refractivity contribution is 0.0913. The number of fused-ring (bicyclic) bond motifs is 1. The van der Waals surface area contributed by atoms with Crippen molar-refractivity contribution < 1.29 is 13.2 Å². The highest BCUT2D eigenvalue weighted by molar-refractivity contribution is 7.92. The first-order valence-electron chi connectivity index (χ1n) is 6.91. The van der Waals surface area contributed by atoms with Gasteiger partial charge in [0.05, 0.1) is 24.2 Å². The summed E-state index contributed by atoms with van der Waals surface area (Å²) >= 11 is 0. The van der Waals surface area contributed by atoms with Crippen molar-refractivity contribution in [3.63, 3.8) is 0 Å². The molecule has 6 heteroatoms. The standard InChI is InChI=1S/C14H22N2O3S/c1-11(2)19-8-9-20(17,18)16-14-5-3-4-12-6-7-15-10-13(12)14/h3-5,11,15-16H,6-10H2,1-2H3. The van der Waals surface area contributed by atoms with Crippen LogP contribution in [0, 0.1) is 0 Å². The quantitative estimate of drug-likeness (QED) is 0.835. The van der Waals surface area contributed by atoms with Crippen molar-refractivity contribution in [1.29, 1.82) is 0 Å². The SMILES string of the molecule is CC(C)OCCS(=O)(=O)Nc1cccc2c1CNCC2. The highest BCUT2D eigenvalue weighted by Gasteiger charge is 2.17. The number of nitrogens with one attached hydrogen (secondary N) is 2. The number of rotatable bonds is 6. The molecule has 0 aliphatic carbocycles. The van der Waals surface area contributed by atoms with Crippen LogP contribution in [0.5, 0.6) is 0 Å². The Hall–Kier alpha value is -1.11. The molecule has 1 aliphatic rings. The molecule has 0 bridgehead atoms. The van der Waals surface area contributed by atoms with Gasteiger partial charge in [-0.25, -0.2) is 8.42 Å². The maximum absolute atomic E-state index is 12.1. The molecule has 0 fully saturated rings. The van der Waals surface area contributed by atoms with E-state index in [1.807, 2.05) is 26.0 Å². The van der Waals surface area contributed by atoms with Crippen LogP contribution in [-0.2, 0) is 27.7 Å². The zero-order chi connectivity index (χ0) is 14.6. The molecule has 0 saturated heterocycles.